The molecule has 6 heteroatoms. The van der Waals surface area contributed by atoms with Crippen LogP contribution < -0.4 is 5.73 Å². The third kappa shape index (κ3) is 2.04. The van der Waals surface area contributed by atoms with Gasteiger partial charge in [-0.2, -0.15) is 5.26 Å². The second kappa shape index (κ2) is 4.37. The fourth-order valence-corrected chi connectivity index (χ4v) is 1.56. The SMILES string of the molecule is CC(CC#N)(C(=O)O)c1c(N)ccc(F)c1F. The van der Waals surface area contributed by atoms with E-state index in [9.17, 15) is 13.6 Å². The number of hydrogen-bond donors (Lipinski definition) is 2. The van der Waals surface area contributed by atoms with Gasteiger partial charge in [-0.3, -0.25) is 4.79 Å². The summed E-state index contributed by atoms with van der Waals surface area (Å²) in [6.45, 7) is 1.13. The number of hydrogen-bond acceptors (Lipinski definition) is 3. The van der Waals surface area contributed by atoms with Gasteiger partial charge in [0.05, 0.1) is 12.5 Å². The van der Waals surface area contributed by atoms with Crippen molar-refractivity contribution in [3.63, 3.8) is 0 Å². The Labute approximate surface area is 96.3 Å². The molecular weight excluding hydrogens is 230 g/mol. The second-order valence-corrected chi connectivity index (χ2v) is 3.80. The highest BCUT2D eigenvalue weighted by Crippen LogP contribution is 2.35. The van der Waals surface area contributed by atoms with Crippen molar-refractivity contribution in [3.05, 3.63) is 29.3 Å². The van der Waals surface area contributed by atoms with Gasteiger partial charge in [-0.05, 0) is 19.1 Å². The van der Waals surface area contributed by atoms with Crippen LogP contribution in [0.5, 0.6) is 0 Å². The zero-order chi connectivity index (χ0) is 13.2. The van der Waals surface area contributed by atoms with Gasteiger partial charge in [0.25, 0.3) is 0 Å². The molecule has 0 saturated heterocycles. The van der Waals surface area contributed by atoms with E-state index < -0.39 is 35.0 Å². The number of nitrogens with zero attached hydrogens (tertiary/aromatic N) is 1. The predicted molar refractivity (Wildman–Crippen MR) is 56.0 cm³/mol. The van der Waals surface area contributed by atoms with Gasteiger partial charge in [0.2, 0.25) is 0 Å². The number of rotatable bonds is 3. The zero-order valence-electron chi connectivity index (χ0n) is 9.00. The molecule has 1 unspecified atom stereocenters. The smallest absolute Gasteiger partial charge is 0.315 e. The summed E-state index contributed by atoms with van der Waals surface area (Å²) in [7, 11) is 0. The van der Waals surface area contributed by atoms with Crippen LogP contribution in [-0.4, -0.2) is 11.1 Å². The highest BCUT2D eigenvalue weighted by molar-refractivity contribution is 5.83. The first-order chi connectivity index (χ1) is 7.84. The van der Waals surface area contributed by atoms with Crippen LogP contribution in [0.3, 0.4) is 0 Å². The van der Waals surface area contributed by atoms with E-state index in [0.29, 0.717) is 0 Å². The summed E-state index contributed by atoms with van der Waals surface area (Å²) in [5, 5.41) is 17.7. The van der Waals surface area contributed by atoms with Crippen molar-refractivity contribution >= 4 is 11.7 Å². The van der Waals surface area contributed by atoms with Crippen LogP contribution in [-0.2, 0) is 10.2 Å². The number of carboxylic acids is 1. The van der Waals surface area contributed by atoms with Gasteiger partial charge in [-0.1, -0.05) is 0 Å². The molecule has 0 fully saturated rings. The topological polar surface area (TPSA) is 87.1 Å². The molecule has 0 aliphatic carbocycles. The van der Waals surface area contributed by atoms with Gasteiger partial charge in [-0.15, -0.1) is 0 Å². The van der Waals surface area contributed by atoms with Crippen LogP contribution in [0.25, 0.3) is 0 Å². The van der Waals surface area contributed by atoms with E-state index in [0.717, 1.165) is 19.1 Å². The number of halogens is 2. The van der Waals surface area contributed by atoms with Gasteiger partial charge >= 0.3 is 5.97 Å². The van der Waals surface area contributed by atoms with E-state index in [1.165, 1.54) is 0 Å². The molecule has 0 bridgehead atoms. The number of benzene rings is 1. The second-order valence-electron chi connectivity index (χ2n) is 3.80. The minimum absolute atomic E-state index is 0.191. The van der Waals surface area contributed by atoms with Crippen LogP contribution in [0.1, 0.15) is 18.9 Å². The van der Waals surface area contributed by atoms with E-state index in [2.05, 4.69) is 0 Å². The normalized spacial score (nSPS) is 13.8. The predicted octanol–water partition coefficient (Wildman–Crippen LogP) is 1.80. The van der Waals surface area contributed by atoms with E-state index in [1.54, 1.807) is 6.07 Å². The molecule has 17 heavy (non-hydrogen) atoms. The largest absolute Gasteiger partial charge is 0.481 e. The quantitative estimate of drug-likeness (QED) is 0.788. The lowest BCUT2D eigenvalue weighted by atomic mass is 9.78. The van der Waals surface area contributed by atoms with Crippen molar-refractivity contribution in [2.75, 3.05) is 5.73 Å². The Morgan fingerprint density at radius 1 is 1.59 bits per heavy atom. The number of nitrogen functional groups attached to an aromatic ring is 1. The lowest BCUT2D eigenvalue weighted by molar-refractivity contribution is -0.143. The first-order valence-corrected chi connectivity index (χ1v) is 4.69. The molecule has 0 heterocycles. The van der Waals surface area contributed by atoms with Crippen molar-refractivity contribution in [2.45, 2.75) is 18.8 Å². The highest BCUT2D eigenvalue weighted by atomic mass is 19.2. The van der Waals surface area contributed by atoms with Crippen molar-refractivity contribution < 1.29 is 18.7 Å². The molecule has 1 rings (SSSR count). The Balaban J connectivity index is 3.55. The summed E-state index contributed by atoms with van der Waals surface area (Å²) in [6, 6.07) is 3.52. The van der Waals surface area contributed by atoms with Gasteiger partial charge in [-0.25, -0.2) is 8.78 Å². The van der Waals surface area contributed by atoms with Crippen LogP contribution in [0, 0.1) is 23.0 Å². The highest BCUT2D eigenvalue weighted by Gasteiger charge is 2.40. The average molecular weight is 240 g/mol. The number of carbonyl (C=O) groups is 1. The first kappa shape index (κ1) is 12.9. The molecule has 4 nitrogen and oxygen atoms in total. The number of anilines is 1. The summed E-state index contributed by atoms with van der Waals surface area (Å²) in [6.07, 6.45) is -0.507. The molecule has 0 aliphatic heterocycles. The molecule has 90 valence electrons. The first-order valence-electron chi connectivity index (χ1n) is 4.69. The summed E-state index contributed by atoms with van der Waals surface area (Å²) in [5.74, 6) is -3.96. The maximum atomic E-state index is 13.6. The Bertz CT molecular complexity index is 511. The van der Waals surface area contributed by atoms with Gasteiger partial charge in [0.15, 0.2) is 11.6 Å². The van der Waals surface area contributed by atoms with Crippen LogP contribution in [0.2, 0.25) is 0 Å². The number of nitrogens with two attached hydrogens (primary N) is 1. The molecule has 0 amide bonds. The molecule has 0 saturated carbocycles. The molecule has 0 radical (unpaired) electrons. The molecule has 0 aliphatic rings. The maximum Gasteiger partial charge on any atom is 0.315 e. The van der Waals surface area contributed by atoms with Crippen LogP contribution in [0.15, 0.2) is 12.1 Å². The monoisotopic (exact) mass is 240 g/mol. The molecule has 0 aromatic heterocycles. The Kier molecular flexibility index (Phi) is 3.32. The van der Waals surface area contributed by atoms with Gasteiger partial charge in [0, 0.05) is 11.3 Å². The summed E-state index contributed by atoms with van der Waals surface area (Å²) in [5.41, 5.74) is 2.91. The number of carboxylic acid groups (broad SMARTS) is 1. The fraction of sp³-hybridized carbons (Fsp3) is 0.273. The van der Waals surface area contributed by atoms with Crippen molar-refractivity contribution in [1.82, 2.24) is 0 Å². The Morgan fingerprint density at radius 3 is 2.65 bits per heavy atom. The van der Waals surface area contributed by atoms with E-state index in [1.807, 2.05) is 0 Å². The third-order valence-electron chi connectivity index (χ3n) is 2.58. The number of aliphatic carboxylic acids is 1. The fourth-order valence-electron chi connectivity index (χ4n) is 1.56. The molecule has 1 aromatic carbocycles. The minimum atomic E-state index is -1.87. The van der Waals surface area contributed by atoms with E-state index >= 15 is 0 Å². The Morgan fingerprint density at radius 2 is 2.18 bits per heavy atom. The average Bonchev–Trinajstić information content (AvgIpc) is 2.24. The summed E-state index contributed by atoms with van der Waals surface area (Å²) in [4.78, 5) is 11.1. The maximum absolute atomic E-state index is 13.6. The van der Waals surface area contributed by atoms with Crippen LogP contribution >= 0.6 is 0 Å². The molecule has 3 N–H and O–H groups in total. The molecule has 0 spiro atoms. The lowest BCUT2D eigenvalue weighted by Gasteiger charge is -2.24. The van der Waals surface area contributed by atoms with Gasteiger partial charge < -0.3 is 10.8 Å². The number of nitriles is 1. The van der Waals surface area contributed by atoms with Crippen molar-refractivity contribution in [2.24, 2.45) is 0 Å². The van der Waals surface area contributed by atoms with Crippen LogP contribution in [0.4, 0.5) is 14.5 Å². The molecular formula is C11H10F2N2O2. The van der Waals surface area contributed by atoms with Gasteiger partial charge in [0.1, 0.15) is 5.41 Å². The zero-order valence-corrected chi connectivity index (χ0v) is 9.00. The van der Waals surface area contributed by atoms with Crippen molar-refractivity contribution in [1.29, 1.82) is 5.26 Å². The molecule has 1 atom stereocenters. The third-order valence-corrected chi connectivity index (χ3v) is 2.58. The lowest BCUT2D eigenvalue weighted by Crippen LogP contribution is -2.34. The summed E-state index contributed by atoms with van der Waals surface area (Å²) >= 11 is 0. The minimum Gasteiger partial charge on any atom is -0.481 e. The Hall–Kier alpha value is -2.16. The molecule has 1 aromatic rings. The standard InChI is InChI=1S/C11H10F2N2O2/c1-11(4-5-14,10(16)17)8-7(15)3-2-6(12)9(8)13/h2-3H,4,15H2,1H3,(H,16,17). The van der Waals surface area contributed by atoms with E-state index in [4.69, 9.17) is 16.1 Å². The summed E-state index contributed by atoms with van der Waals surface area (Å²) < 4.78 is 26.7. The van der Waals surface area contributed by atoms with E-state index in [-0.39, 0.29) is 5.69 Å². The van der Waals surface area contributed by atoms with Crippen molar-refractivity contribution in [3.8, 4) is 6.07 Å².